The average molecular weight is 395 g/mol. The van der Waals surface area contributed by atoms with Crippen molar-refractivity contribution in [3.63, 3.8) is 0 Å². The lowest BCUT2D eigenvalue weighted by atomic mass is 9.67. The Balaban J connectivity index is 0.00000200. The molecule has 20 heavy (non-hydrogen) atoms. The van der Waals surface area contributed by atoms with Gasteiger partial charge in [0.2, 0.25) is 0 Å². The predicted molar refractivity (Wildman–Crippen MR) is 94.7 cm³/mol. The van der Waals surface area contributed by atoms with Crippen molar-refractivity contribution < 1.29 is 4.74 Å². The summed E-state index contributed by atoms with van der Waals surface area (Å²) in [6, 6.07) is 0. The van der Waals surface area contributed by atoms with E-state index in [-0.39, 0.29) is 24.0 Å². The van der Waals surface area contributed by atoms with Crippen LogP contribution in [0.3, 0.4) is 0 Å². The van der Waals surface area contributed by atoms with Gasteiger partial charge in [-0.25, -0.2) is 0 Å². The topological polar surface area (TPSA) is 50.9 Å². The SMILES string of the molecule is CCOCCC1(CN=C(N)N2CCCCC2)CCC1.I. The number of rotatable bonds is 6. The van der Waals surface area contributed by atoms with E-state index in [4.69, 9.17) is 10.5 Å². The lowest BCUT2D eigenvalue weighted by Crippen LogP contribution is -2.42. The van der Waals surface area contributed by atoms with Gasteiger partial charge in [-0.2, -0.15) is 0 Å². The largest absolute Gasteiger partial charge is 0.382 e. The maximum Gasteiger partial charge on any atom is 0.191 e. The summed E-state index contributed by atoms with van der Waals surface area (Å²) in [5.74, 6) is 0.766. The Morgan fingerprint density at radius 1 is 1.20 bits per heavy atom. The number of hydrogen-bond donors (Lipinski definition) is 1. The van der Waals surface area contributed by atoms with Crippen molar-refractivity contribution in [1.82, 2.24) is 4.90 Å². The smallest absolute Gasteiger partial charge is 0.191 e. The van der Waals surface area contributed by atoms with Gasteiger partial charge in [-0.1, -0.05) is 6.42 Å². The second kappa shape index (κ2) is 9.07. The van der Waals surface area contributed by atoms with Gasteiger partial charge in [0, 0.05) is 32.8 Å². The van der Waals surface area contributed by atoms with Crippen LogP contribution in [0.1, 0.15) is 51.9 Å². The second-order valence-electron chi connectivity index (χ2n) is 6.02. The molecule has 118 valence electrons. The molecular formula is C15H30IN3O. The summed E-state index contributed by atoms with van der Waals surface area (Å²) in [6.45, 7) is 6.80. The molecule has 2 N–H and O–H groups in total. The fraction of sp³-hybridized carbons (Fsp3) is 0.933. The lowest BCUT2D eigenvalue weighted by molar-refractivity contribution is 0.0607. The van der Waals surface area contributed by atoms with Gasteiger partial charge in [0.15, 0.2) is 5.96 Å². The maximum absolute atomic E-state index is 6.13. The number of nitrogens with zero attached hydrogens (tertiary/aromatic N) is 2. The summed E-state index contributed by atoms with van der Waals surface area (Å²) in [5.41, 5.74) is 6.52. The molecule has 1 aliphatic heterocycles. The van der Waals surface area contributed by atoms with Gasteiger partial charge >= 0.3 is 0 Å². The van der Waals surface area contributed by atoms with Gasteiger partial charge in [0.25, 0.3) is 0 Å². The van der Waals surface area contributed by atoms with Crippen LogP contribution < -0.4 is 5.73 Å². The number of piperidine rings is 1. The van der Waals surface area contributed by atoms with Crippen LogP contribution in [-0.2, 0) is 4.74 Å². The molecule has 1 aliphatic carbocycles. The van der Waals surface area contributed by atoms with Gasteiger partial charge < -0.3 is 15.4 Å². The van der Waals surface area contributed by atoms with Crippen LogP contribution in [0, 0.1) is 5.41 Å². The van der Waals surface area contributed by atoms with Crippen LogP contribution in [0.4, 0.5) is 0 Å². The number of likely N-dealkylation sites (tertiary alicyclic amines) is 1. The molecule has 0 aromatic heterocycles. The Morgan fingerprint density at radius 2 is 1.90 bits per heavy atom. The van der Waals surface area contributed by atoms with Crippen LogP contribution in [0.25, 0.3) is 0 Å². The highest BCUT2D eigenvalue weighted by Crippen LogP contribution is 2.44. The first-order valence-electron chi connectivity index (χ1n) is 7.88. The van der Waals surface area contributed by atoms with E-state index >= 15 is 0 Å². The highest BCUT2D eigenvalue weighted by molar-refractivity contribution is 14.0. The second-order valence-corrected chi connectivity index (χ2v) is 6.02. The van der Waals surface area contributed by atoms with Gasteiger partial charge in [-0.3, -0.25) is 4.99 Å². The molecule has 1 heterocycles. The van der Waals surface area contributed by atoms with E-state index in [0.717, 1.165) is 45.2 Å². The lowest BCUT2D eigenvalue weighted by Gasteiger charge is -2.41. The highest BCUT2D eigenvalue weighted by Gasteiger charge is 2.36. The van der Waals surface area contributed by atoms with Crippen LogP contribution in [-0.4, -0.2) is 43.7 Å². The fourth-order valence-corrected chi connectivity index (χ4v) is 3.07. The predicted octanol–water partition coefficient (Wildman–Crippen LogP) is 3.00. The number of halogens is 1. The fourth-order valence-electron chi connectivity index (χ4n) is 3.07. The molecule has 0 atom stereocenters. The summed E-state index contributed by atoms with van der Waals surface area (Å²) in [4.78, 5) is 6.93. The first kappa shape index (κ1) is 18.0. The summed E-state index contributed by atoms with van der Waals surface area (Å²) >= 11 is 0. The zero-order chi connectivity index (χ0) is 13.6. The average Bonchev–Trinajstić information content (AvgIpc) is 2.41. The van der Waals surface area contributed by atoms with Gasteiger partial charge in [0.1, 0.15) is 0 Å². The number of guanidine groups is 1. The van der Waals surface area contributed by atoms with Crippen LogP contribution >= 0.6 is 24.0 Å². The third kappa shape index (κ3) is 5.06. The molecule has 0 spiro atoms. The standard InChI is InChI=1S/C15H29N3O.HI/c1-2-19-12-9-15(7-6-8-15)13-17-14(16)18-10-4-3-5-11-18;/h2-13H2,1H3,(H2,16,17);1H. The van der Waals surface area contributed by atoms with Crippen molar-refractivity contribution in [2.45, 2.75) is 51.9 Å². The first-order chi connectivity index (χ1) is 9.26. The minimum Gasteiger partial charge on any atom is -0.382 e. The van der Waals surface area contributed by atoms with E-state index in [1.165, 1.54) is 38.5 Å². The summed E-state index contributed by atoms with van der Waals surface area (Å²) in [5, 5.41) is 0. The molecule has 0 bridgehead atoms. The molecule has 1 saturated heterocycles. The number of hydrogen-bond acceptors (Lipinski definition) is 2. The van der Waals surface area contributed by atoms with Crippen LogP contribution in [0.15, 0.2) is 4.99 Å². The van der Waals surface area contributed by atoms with E-state index in [0.29, 0.717) is 5.41 Å². The maximum atomic E-state index is 6.13. The zero-order valence-corrected chi connectivity index (χ0v) is 15.1. The molecule has 4 nitrogen and oxygen atoms in total. The third-order valence-electron chi connectivity index (χ3n) is 4.65. The minimum absolute atomic E-state index is 0. The van der Waals surface area contributed by atoms with Crippen molar-refractivity contribution in [2.24, 2.45) is 16.1 Å². The summed E-state index contributed by atoms with van der Waals surface area (Å²) < 4.78 is 5.50. The van der Waals surface area contributed by atoms with Crippen molar-refractivity contribution in [1.29, 1.82) is 0 Å². The Morgan fingerprint density at radius 3 is 2.45 bits per heavy atom. The zero-order valence-electron chi connectivity index (χ0n) is 12.8. The van der Waals surface area contributed by atoms with Crippen molar-refractivity contribution in [2.75, 3.05) is 32.8 Å². The summed E-state index contributed by atoms with van der Waals surface area (Å²) in [6.07, 6.45) is 8.90. The molecule has 1 saturated carbocycles. The van der Waals surface area contributed by atoms with Crippen LogP contribution in [0.5, 0.6) is 0 Å². The Hall–Kier alpha value is -0.0400. The monoisotopic (exact) mass is 395 g/mol. The van der Waals surface area contributed by atoms with Gasteiger partial charge in [-0.15, -0.1) is 24.0 Å². The normalized spacial score (nSPS) is 22.1. The van der Waals surface area contributed by atoms with E-state index < -0.39 is 0 Å². The third-order valence-corrected chi connectivity index (χ3v) is 4.65. The Kier molecular flexibility index (Phi) is 8.17. The molecule has 2 fully saturated rings. The van der Waals surface area contributed by atoms with Crippen molar-refractivity contribution >= 4 is 29.9 Å². The molecule has 2 rings (SSSR count). The number of aliphatic imine (C=N–C) groups is 1. The molecule has 5 heteroatoms. The number of ether oxygens (including phenoxy) is 1. The molecule has 2 aliphatic rings. The molecule has 0 unspecified atom stereocenters. The van der Waals surface area contributed by atoms with Crippen molar-refractivity contribution in [3.05, 3.63) is 0 Å². The quantitative estimate of drug-likeness (QED) is 0.326. The van der Waals surface area contributed by atoms with Gasteiger partial charge in [-0.05, 0) is 50.9 Å². The number of nitrogens with two attached hydrogens (primary N) is 1. The Labute approximate surface area is 140 Å². The molecule has 0 aromatic carbocycles. The molecular weight excluding hydrogens is 365 g/mol. The molecule has 0 amide bonds. The minimum atomic E-state index is 0. The van der Waals surface area contributed by atoms with E-state index in [2.05, 4.69) is 16.8 Å². The van der Waals surface area contributed by atoms with Gasteiger partial charge in [0.05, 0.1) is 0 Å². The van der Waals surface area contributed by atoms with E-state index in [9.17, 15) is 0 Å². The molecule has 0 radical (unpaired) electrons. The first-order valence-corrected chi connectivity index (χ1v) is 7.88. The highest BCUT2D eigenvalue weighted by atomic mass is 127. The van der Waals surface area contributed by atoms with E-state index in [1.54, 1.807) is 0 Å². The van der Waals surface area contributed by atoms with Crippen LogP contribution in [0.2, 0.25) is 0 Å². The summed E-state index contributed by atoms with van der Waals surface area (Å²) in [7, 11) is 0. The van der Waals surface area contributed by atoms with Crippen molar-refractivity contribution in [3.8, 4) is 0 Å². The Bertz CT molecular complexity index is 299. The van der Waals surface area contributed by atoms with E-state index in [1.807, 2.05) is 0 Å². The molecule has 0 aromatic rings.